The summed E-state index contributed by atoms with van der Waals surface area (Å²) in [6.45, 7) is 6.36. The van der Waals surface area contributed by atoms with Gasteiger partial charge < -0.3 is 14.7 Å². The molecule has 35 heavy (non-hydrogen) atoms. The van der Waals surface area contributed by atoms with Crippen LogP contribution >= 0.6 is 11.3 Å². The lowest BCUT2D eigenvalue weighted by Gasteiger charge is -2.25. The molecule has 1 aliphatic rings. The van der Waals surface area contributed by atoms with Crippen LogP contribution in [0.15, 0.2) is 65.6 Å². The van der Waals surface area contributed by atoms with Gasteiger partial charge in [0.25, 0.3) is 11.7 Å². The van der Waals surface area contributed by atoms with E-state index in [1.54, 1.807) is 31.4 Å². The number of aliphatic hydroxyl groups is 1. The van der Waals surface area contributed by atoms with E-state index in [1.165, 1.54) is 28.4 Å². The van der Waals surface area contributed by atoms with Gasteiger partial charge in [-0.3, -0.25) is 9.59 Å². The number of nitrogens with zero attached hydrogens (tertiary/aromatic N) is 1. The molecular weight excluding hydrogens is 465 g/mol. The Morgan fingerprint density at radius 3 is 2.43 bits per heavy atom. The van der Waals surface area contributed by atoms with Gasteiger partial charge in [-0.1, -0.05) is 39.0 Å². The summed E-state index contributed by atoms with van der Waals surface area (Å²) in [5, 5.41) is 13.2. The zero-order valence-corrected chi connectivity index (χ0v) is 21.0. The first-order valence-corrected chi connectivity index (χ1v) is 12.2. The van der Waals surface area contributed by atoms with Crippen LogP contribution in [0.2, 0.25) is 0 Å². The predicted molar refractivity (Wildman–Crippen MR) is 135 cm³/mol. The molecule has 1 aromatic heterocycles. The van der Waals surface area contributed by atoms with Gasteiger partial charge in [0.1, 0.15) is 17.3 Å². The van der Waals surface area contributed by atoms with Gasteiger partial charge in [-0.05, 0) is 59.2 Å². The van der Waals surface area contributed by atoms with Crippen molar-refractivity contribution in [3.63, 3.8) is 0 Å². The molecule has 1 atom stereocenters. The number of hydrogen-bond donors (Lipinski definition) is 1. The summed E-state index contributed by atoms with van der Waals surface area (Å²) in [7, 11) is 1.59. The predicted octanol–water partition coefficient (Wildman–Crippen LogP) is 5.86. The standard InChI is InChI=1S/C28H28FNO4S/c1-28(2,3)20-16-18(9-12-21(20)34-4)25(31)23-24(22-6-5-15-35-22)30(27(33)26(23)32)14-13-17-7-10-19(29)11-8-17/h5-12,15-16,24,31H,13-14H2,1-4H3/b25-23-. The maximum atomic E-state index is 13.3. The smallest absolute Gasteiger partial charge is 0.295 e. The number of likely N-dealkylation sites (tertiary alicyclic amines) is 1. The number of carbonyl (C=O) groups excluding carboxylic acids is 2. The third kappa shape index (κ3) is 4.86. The second kappa shape index (κ2) is 9.66. The topological polar surface area (TPSA) is 66.8 Å². The van der Waals surface area contributed by atoms with Gasteiger partial charge in [0.2, 0.25) is 0 Å². The summed E-state index contributed by atoms with van der Waals surface area (Å²) in [6.07, 6.45) is 0.450. The average molecular weight is 494 g/mol. The van der Waals surface area contributed by atoms with E-state index in [0.29, 0.717) is 17.7 Å². The fourth-order valence-corrected chi connectivity index (χ4v) is 5.20. The van der Waals surface area contributed by atoms with Gasteiger partial charge >= 0.3 is 0 Å². The third-order valence-electron chi connectivity index (χ3n) is 6.19. The lowest BCUT2D eigenvalue weighted by Crippen LogP contribution is -2.31. The number of ether oxygens (including phenoxy) is 1. The number of methoxy groups -OCH3 is 1. The molecule has 1 saturated heterocycles. The molecule has 3 aromatic rings. The maximum absolute atomic E-state index is 13.3. The van der Waals surface area contributed by atoms with Crippen LogP contribution in [0.1, 0.15) is 48.4 Å². The number of carbonyl (C=O) groups is 2. The Morgan fingerprint density at radius 1 is 1.11 bits per heavy atom. The highest BCUT2D eigenvalue weighted by Gasteiger charge is 2.46. The summed E-state index contributed by atoms with van der Waals surface area (Å²) in [5.74, 6) is -1.23. The number of amides is 1. The fraction of sp³-hybridized carbons (Fsp3) is 0.286. The number of benzene rings is 2. The van der Waals surface area contributed by atoms with Crippen molar-refractivity contribution in [3.05, 3.63) is 92.9 Å². The Morgan fingerprint density at radius 2 is 1.83 bits per heavy atom. The van der Waals surface area contributed by atoms with Crippen molar-refractivity contribution in [3.8, 4) is 5.75 Å². The largest absolute Gasteiger partial charge is 0.507 e. The van der Waals surface area contributed by atoms with E-state index in [-0.39, 0.29) is 29.1 Å². The molecular formula is C28H28FNO4S. The van der Waals surface area contributed by atoms with Crippen LogP contribution in [0.3, 0.4) is 0 Å². The highest BCUT2D eigenvalue weighted by molar-refractivity contribution is 7.10. The Labute approximate surface area is 208 Å². The minimum absolute atomic E-state index is 0.0709. The molecule has 2 aromatic carbocycles. The van der Waals surface area contributed by atoms with Gasteiger partial charge in [-0.25, -0.2) is 4.39 Å². The van der Waals surface area contributed by atoms with E-state index in [9.17, 15) is 19.1 Å². The molecule has 182 valence electrons. The van der Waals surface area contributed by atoms with Crippen LogP contribution in [0.25, 0.3) is 5.76 Å². The number of aliphatic hydroxyl groups excluding tert-OH is 1. The molecule has 1 fully saturated rings. The first-order chi connectivity index (χ1) is 16.6. The molecule has 1 aliphatic heterocycles. The highest BCUT2D eigenvalue weighted by Crippen LogP contribution is 2.42. The van der Waals surface area contributed by atoms with Crippen molar-refractivity contribution in [2.75, 3.05) is 13.7 Å². The van der Waals surface area contributed by atoms with E-state index in [0.717, 1.165) is 16.0 Å². The summed E-state index contributed by atoms with van der Waals surface area (Å²) >= 11 is 1.42. The van der Waals surface area contributed by atoms with Crippen molar-refractivity contribution >= 4 is 28.8 Å². The van der Waals surface area contributed by atoms with Gasteiger partial charge in [0.05, 0.1) is 18.7 Å². The van der Waals surface area contributed by atoms with Gasteiger partial charge in [0.15, 0.2) is 0 Å². The summed E-state index contributed by atoms with van der Waals surface area (Å²) in [6, 6.07) is 14.4. The second-order valence-corrected chi connectivity index (χ2v) is 10.5. The monoisotopic (exact) mass is 493 g/mol. The summed E-state index contributed by atoms with van der Waals surface area (Å²) < 4.78 is 18.8. The molecule has 0 aliphatic carbocycles. The second-order valence-electron chi connectivity index (χ2n) is 9.55. The van der Waals surface area contributed by atoms with E-state index in [4.69, 9.17) is 4.74 Å². The summed E-state index contributed by atoms with van der Waals surface area (Å²) in [4.78, 5) is 28.6. The minimum Gasteiger partial charge on any atom is -0.507 e. The molecule has 2 heterocycles. The van der Waals surface area contributed by atoms with E-state index < -0.39 is 17.7 Å². The maximum Gasteiger partial charge on any atom is 0.295 e. The van der Waals surface area contributed by atoms with Crippen LogP contribution in [-0.2, 0) is 21.4 Å². The van der Waals surface area contributed by atoms with Gasteiger partial charge in [0, 0.05) is 22.5 Å². The van der Waals surface area contributed by atoms with Crippen LogP contribution in [0.5, 0.6) is 5.75 Å². The average Bonchev–Trinajstić information content (AvgIpc) is 3.44. The molecule has 1 amide bonds. The normalized spacial score (nSPS) is 17.7. The van der Waals surface area contributed by atoms with Gasteiger partial charge in [-0.2, -0.15) is 0 Å². The SMILES string of the molecule is COc1ccc(/C(O)=C2/C(=O)C(=O)N(CCc3ccc(F)cc3)C2c2cccs2)cc1C(C)(C)C. The van der Waals surface area contributed by atoms with Crippen LogP contribution < -0.4 is 4.74 Å². The molecule has 4 rings (SSSR count). The number of rotatable bonds is 6. The zero-order valence-electron chi connectivity index (χ0n) is 20.2. The Kier molecular flexibility index (Phi) is 6.81. The number of ketones is 1. The number of hydrogen-bond acceptors (Lipinski definition) is 5. The molecule has 1 N–H and O–H groups in total. The molecule has 0 saturated carbocycles. The van der Waals surface area contributed by atoms with E-state index >= 15 is 0 Å². The molecule has 5 nitrogen and oxygen atoms in total. The molecule has 1 unspecified atom stereocenters. The Balaban J connectivity index is 1.77. The quantitative estimate of drug-likeness (QED) is 0.265. The Bertz CT molecular complexity index is 1270. The van der Waals surface area contributed by atoms with Crippen LogP contribution in [0.4, 0.5) is 4.39 Å². The van der Waals surface area contributed by atoms with Crippen molar-refractivity contribution < 1.29 is 23.8 Å². The van der Waals surface area contributed by atoms with E-state index in [2.05, 4.69) is 0 Å². The van der Waals surface area contributed by atoms with Crippen molar-refractivity contribution in [2.45, 2.75) is 38.6 Å². The van der Waals surface area contributed by atoms with Crippen molar-refractivity contribution in [1.29, 1.82) is 0 Å². The summed E-state index contributed by atoms with van der Waals surface area (Å²) in [5.41, 5.74) is 1.98. The number of thiophene rings is 1. The van der Waals surface area contributed by atoms with Crippen LogP contribution in [0, 0.1) is 5.82 Å². The minimum atomic E-state index is -0.715. The fourth-order valence-electron chi connectivity index (χ4n) is 4.35. The van der Waals surface area contributed by atoms with Crippen molar-refractivity contribution in [1.82, 2.24) is 4.90 Å². The molecule has 0 spiro atoms. The van der Waals surface area contributed by atoms with Crippen molar-refractivity contribution in [2.24, 2.45) is 0 Å². The lowest BCUT2D eigenvalue weighted by atomic mass is 9.84. The number of Topliss-reactive ketones (excluding diaryl/α,β-unsaturated/α-hetero) is 1. The zero-order chi connectivity index (χ0) is 25.3. The van der Waals surface area contributed by atoms with E-state index in [1.807, 2.05) is 44.4 Å². The molecule has 0 radical (unpaired) electrons. The molecule has 7 heteroatoms. The molecule has 0 bridgehead atoms. The first-order valence-electron chi connectivity index (χ1n) is 11.4. The lowest BCUT2D eigenvalue weighted by molar-refractivity contribution is -0.139. The number of halogens is 1. The third-order valence-corrected chi connectivity index (χ3v) is 7.11. The first kappa shape index (κ1) is 24.7. The Hall–Kier alpha value is -3.45. The van der Waals surface area contributed by atoms with Crippen LogP contribution in [-0.4, -0.2) is 35.4 Å². The van der Waals surface area contributed by atoms with Gasteiger partial charge in [-0.15, -0.1) is 11.3 Å². The highest BCUT2D eigenvalue weighted by atomic mass is 32.1.